The van der Waals surface area contributed by atoms with Crippen LogP contribution in [0.25, 0.3) is 0 Å². The van der Waals surface area contributed by atoms with Crippen molar-refractivity contribution in [2.24, 2.45) is 5.92 Å². The maximum absolute atomic E-state index is 12.1. The Morgan fingerprint density at radius 2 is 1.81 bits per heavy atom. The van der Waals surface area contributed by atoms with Gasteiger partial charge in [0.15, 0.2) is 0 Å². The van der Waals surface area contributed by atoms with Gasteiger partial charge in [0.05, 0.1) is 10.8 Å². The highest BCUT2D eigenvalue weighted by Gasteiger charge is 2.18. The number of carbonyl (C=O) groups is 1. The van der Waals surface area contributed by atoms with Crippen LogP contribution in [0.15, 0.2) is 33.6 Å². The number of carboxylic acids is 1. The van der Waals surface area contributed by atoms with Crippen LogP contribution in [-0.4, -0.2) is 25.5 Å². The summed E-state index contributed by atoms with van der Waals surface area (Å²) in [5, 5.41) is 8.79. The second-order valence-corrected chi connectivity index (χ2v) is 7.78. The van der Waals surface area contributed by atoms with E-state index in [2.05, 4.69) is 20.7 Å². The smallest absolute Gasteiger partial charge is 0.306 e. The summed E-state index contributed by atoms with van der Waals surface area (Å²) in [6.45, 7) is 3.43. The standard InChI is InChI=1S/C14H20BrNO4S/c1-10(14(17)18)4-3-5-11(2)16-21(19,20)13-8-6-12(15)7-9-13/h6-11,16H,3-5H2,1-2H3,(H,17,18). The molecule has 0 spiro atoms. The van der Waals surface area contributed by atoms with Gasteiger partial charge in [0.25, 0.3) is 0 Å². The minimum Gasteiger partial charge on any atom is -0.481 e. The van der Waals surface area contributed by atoms with E-state index in [1.165, 1.54) is 12.1 Å². The van der Waals surface area contributed by atoms with Crippen LogP contribution in [0.1, 0.15) is 33.1 Å². The summed E-state index contributed by atoms with van der Waals surface area (Å²) in [4.78, 5) is 10.9. The second kappa shape index (κ2) is 7.91. The number of aliphatic carboxylic acids is 1. The van der Waals surface area contributed by atoms with Crippen molar-refractivity contribution in [3.8, 4) is 0 Å². The van der Waals surface area contributed by atoms with E-state index in [0.29, 0.717) is 19.3 Å². The Morgan fingerprint density at radius 1 is 1.24 bits per heavy atom. The lowest BCUT2D eigenvalue weighted by atomic mass is 10.0. The molecule has 0 saturated heterocycles. The lowest BCUT2D eigenvalue weighted by molar-refractivity contribution is -0.141. The summed E-state index contributed by atoms with van der Waals surface area (Å²) >= 11 is 3.26. The molecule has 0 amide bonds. The van der Waals surface area contributed by atoms with Crippen LogP contribution in [0.5, 0.6) is 0 Å². The van der Waals surface area contributed by atoms with Crippen LogP contribution in [0, 0.1) is 5.92 Å². The van der Waals surface area contributed by atoms with Gasteiger partial charge in [0, 0.05) is 10.5 Å². The molecule has 1 aromatic carbocycles. The lowest BCUT2D eigenvalue weighted by Crippen LogP contribution is -2.32. The van der Waals surface area contributed by atoms with Crippen LogP contribution >= 0.6 is 15.9 Å². The summed E-state index contributed by atoms with van der Waals surface area (Å²) in [6, 6.07) is 6.18. The zero-order chi connectivity index (χ0) is 16.0. The Kier molecular flexibility index (Phi) is 6.83. The topological polar surface area (TPSA) is 83.5 Å². The van der Waals surface area contributed by atoms with Gasteiger partial charge in [0.2, 0.25) is 10.0 Å². The van der Waals surface area contributed by atoms with Crippen molar-refractivity contribution in [3.63, 3.8) is 0 Å². The van der Waals surface area contributed by atoms with Crippen LogP contribution in [0.2, 0.25) is 0 Å². The van der Waals surface area contributed by atoms with Gasteiger partial charge in [0.1, 0.15) is 0 Å². The summed E-state index contributed by atoms with van der Waals surface area (Å²) in [5.41, 5.74) is 0. The maximum atomic E-state index is 12.1. The van der Waals surface area contributed by atoms with E-state index < -0.39 is 21.9 Å². The largest absolute Gasteiger partial charge is 0.481 e. The monoisotopic (exact) mass is 377 g/mol. The van der Waals surface area contributed by atoms with E-state index in [0.717, 1.165) is 4.47 Å². The average Bonchev–Trinajstić information content (AvgIpc) is 2.38. The van der Waals surface area contributed by atoms with E-state index in [1.807, 2.05) is 0 Å². The molecule has 0 bridgehead atoms. The average molecular weight is 378 g/mol. The Balaban J connectivity index is 2.51. The summed E-state index contributed by atoms with van der Waals surface area (Å²) in [7, 11) is -3.53. The minimum absolute atomic E-state index is 0.219. The Morgan fingerprint density at radius 3 is 2.33 bits per heavy atom. The highest BCUT2D eigenvalue weighted by molar-refractivity contribution is 9.10. The SMILES string of the molecule is CC(CCCC(C)C(=O)O)NS(=O)(=O)c1ccc(Br)cc1. The number of hydrogen-bond donors (Lipinski definition) is 2. The molecule has 1 aromatic rings. The molecule has 5 nitrogen and oxygen atoms in total. The first-order valence-corrected chi connectivity index (χ1v) is 9.00. The highest BCUT2D eigenvalue weighted by atomic mass is 79.9. The quantitative estimate of drug-likeness (QED) is 0.729. The second-order valence-electron chi connectivity index (χ2n) is 5.15. The Labute approximate surface area is 133 Å². The molecule has 1 rings (SSSR count). The van der Waals surface area contributed by atoms with E-state index >= 15 is 0 Å². The van der Waals surface area contributed by atoms with Crippen molar-refractivity contribution in [2.75, 3.05) is 0 Å². The van der Waals surface area contributed by atoms with Crippen molar-refractivity contribution in [3.05, 3.63) is 28.7 Å². The van der Waals surface area contributed by atoms with Crippen LogP contribution < -0.4 is 4.72 Å². The molecule has 2 atom stereocenters. The number of nitrogens with one attached hydrogen (secondary N) is 1. The first kappa shape index (κ1) is 18.1. The van der Waals surface area contributed by atoms with E-state index in [1.54, 1.807) is 26.0 Å². The summed E-state index contributed by atoms with van der Waals surface area (Å²) < 4.78 is 27.7. The van der Waals surface area contributed by atoms with E-state index in [4.69, 9.17) is 5.11 Å². The van der Waals surface area contributed by atoms with Gasteiger partial charge in [-0.05, 0) is 44.0 Å². The van der Waals surface area contributed by atoms with Crippen molar-refractivity contribution >= 4 is 31.9 Å². The predicted octanol–water partition coefficient (Wildman–Crippen LogP) is 3.01. The zero-order valence-corrected chi connectivity index (χ0v) is 14.4. The molecular weight excluding hydrogens is 358 g/mol. The number of hydrogen-bond acceptors (Lipinski definition) is 3. The zero-order valence-electron chi connectivity index (χ0n) is 12.0. The third-order valence-electron chi connectivity index (χ3n) is 3.18. The summed E-state index contributed by atoms with van der Waals surface area (Å²) in [5.74, 6) is -1.22. The number of benzene rings is 1. The number of carboxylic acid groups (broad SMARTS) is 1. The van der Waals surface area contributed by atoms with Crippen molar-refractivity contribution in [2.45, 2.75) is 44.0 Å². The molecule has 0 saturated carbocycles. The first-order chi connectivity index (χ1) is 9.72. The van der Waals surface area contributed by atoms with Gasteiger partial charge in [-0.15, -0.1) is 0 Å². The Bertz CT molecular complexity index is 571. The molecule has 0 heterocycles. The van der Waals surface area contributed by atoms with Crippen LogP contribution in [0.4, 0.5) is 0 Å². The van der Waals surface area contributed by atoms with Gasteiger partial charge in [-0.25, -0.2) is 13.1 Å². The van der Waals surface area contributed by atoms with Crippen molar-refractivity contribution in [1.29, 1.82) is 0 Å². The molecule has 0 aliphatic heterocycles. The fraction of sp³-hybridized carbons (Fsp3) is 0.500. The first-order valence-electron chi connectivity index (χ1n) is 6.73. The fourth-order valence-corrected chi connectivity index (χ4v) is 3.40. The van der Waals surface area contributed by atoms with Gasteiger partial charge in [-0.1, -0.05) is 29.3 Å². The fourth-order valence-electron chi connectivity index (χ4n) is 1.86. The predicted molar refractivity (Wildman–Crippen MR) is 84.6 cm³/mol. The number of halogens is 1. The molecule has 0 radical (unpaired) electrons. The highest BCUT2D eigenvalue weighted by Crippen LogP contribution is 2.16. The molecule has 2 unspecified atom stereocenters. The van der Waals surface area contributed by atoms with Crippen molar-refractivity contribution in [1.82, 2.24) is 4.72 Å². The number of sulfonamides is 1. The van der Waals surface area contributed by atoms with Gasteiger partial charge in [-0.3, -0.25) is 4.79 Å². The molecule has 0 aromatic heterocycles. The summed E-state index contributed by atoms with van der Waals surface area (Å²) in [6.07, 6.45) is 1.81. The third kappa shape index (κ3) is 6.15. The molecule has 21 heavy (non-hydrogen) atoms. The van der Waals surface area contributed by atoms with Crippen LogP contribution in [0.3, 0.4) is 0 Å². The Hall–Kier alpha value is -0.920. The van der Waals surface area contributed by atoms with E-state index in [-0.39, 0.29) is 10.9 Å². The van der Waals surface area contributed by atoms with Gasteiger partial charge < -0.3 is 5.11 Å². The normalized spacial score (nSPS) is 14.6. The molecule has 0 fully saturated rings. The van der Waals surface area contributed by atoms with Gasteiger partial charge in [-0.2, -0.15) is 0 Å². The molecule has 0 aliphatic rings. The van der Waals surface area contributed by atoms with Gasteiger partial charge >= 0.3 is 5.97 Å². The molecule has 0 aliphatic carbocycles. The maximum Gasteiger partial charge on any atom is 0.306 e. The molecule has 118 valence electrons. The van der Waals surface area contributed by atoms with E-state index in [9.17, 15) is 13.2 Å². The third-order valence-corrected chi connectivity index (χ3v) is 5.31. The van der Waals surface area contributed by atoms with Crippen LogP contribution in [-0.2, 0) is 14.8 Å². The minimum atomic E-state index is -3.53. The molecular formula is C14H20BrNO4S. The number of rotatable bonds is 8. The molecule has 7 heteroatoms. The molecule has 2 N–H and O–H groups in total. The lowest BCUT2D eigenvalue weighted by Gasteiger charge is -2.15. The van der Waals surface area contributed by atoms with Crippen molar-refractivity contribution < 1.29 is 18.3 Å².